The van der Waals surface area contributed by atoms with Crippen LogP contribution in [0.2, 0.25) is 0 Å². The molecule has 0 aromatic heterocycles. The molecule has 210 valence electrons. The van der Waals surface area contributed by atoms with Crippen LogP contribution in [0.15, 0.2) is 78.9 Å². The van der Waals surface area contributed by atoms with Crippen molar-refractivity contribution >= 4 is 41.4 Å². The van der Waals surface area contributed by atoms with Crippen LogP contribution in [0.25, 0.3) is 0 Å². The Labute approximate surface area is 239 Å². The zero-order valence-electron chi connectivity index (χ0n) is 22.0. The lowest BCUT2D eigenvalue weighted by Gasteiger charge is -2.28. The number of nitrogens with zero attached hydrogens (tertiary/aromatic N) is 1. The van der Waals surface area contributed by atoms with E-state index in [9.17, 15) is 24.5 Å². The smallest absolute Gasteiger partial charge is 0.269 e. The standard InChI is InChI=1S/C30H32N4O5.ClH/c31-19-20-9-11-24(12-10-20)29(36)33-27(18-21-5-4-8-26(17-21)34(38)39)30(37)32-25-15-13-23(14-16-25)28(35)22-6-2-1-3-7-22;/h1-8,13-17,20,24,27H,9-12,18-19,31H2,(H,32,37)(H,33,36);1H. The first-order valence-electron chi connectivity index (χ1n) is 13.1. The van der Waals surface area contributed by atoms with Crippen LogP contribution in [-0.2, 0) is 16.0 Å². The molecule has 1 fully saturated rings. The second-order valence-electron chi connectivity index (χ2n) is 9.91. The van der Waals surface area contributed by atoms with E-state index in [2.05, 4.69) is 10.6 Å². The first-order chi connectivity index (χ1) is 18.8. The highest BCUT2D eigenvalue weighted by Gasteiger charge is 2.29. The van der Waals surface area contributed by atoms with Gasteiger partial charge in [-0.3, -0.25) is 24.5 Å². The first kappa shape index (κ1) is 30.5. The van der Waals surface area contributed by atoms with Gasteiger partial charge < -0.3 is 16.4 Å². The third-order valence-corrected chi connectivity index (χ3v) is 7.20. The number of amides is 2. The maximum Gasteiger partial charge on any atom is 0.269 e. The quantitative estimate of drug-likeness (QED) is 0.185. The zero-order chi connectivity index (χ0) is 27.8. The molecule has 40 heavy (non-hydrogen) atoms. The Balaban J connectivity index is 0.00000441. The van der Waals surface area contributed by atoms with E-state index in [4.69, 9.17) is 5.73 Å². The molecule has 1 saturated carbocycles. The minimum Gasteiger partial charge on any atom is -0.344 e. The van der Waals surface area contributed by atoms with Gasteiger partial charge in [0.25, 0.3) is 5.69 Å². The summed E-state index contributed by atoms with van der Waals surface area (Å²) >= 11 is 0. The Morgan fingerprint density at radius 1 is 0.900 bits per heavy atom. The molecule has 10 heteroatoms. The molecule has 0 heterocycles. The topological polar surface area (TPSA) is 144 Å². The summed E-state index contributed by atoms with van der Waals surface area (Å²) in [6.07, 6.45) is 3.22. The molecule has 2 amide bonds. The third kappa shape index (κ3) is 7.97. The monoisotopic (exact) mass is 564 g/mol. The number of non-ortho nitro benzene ring substituents is 1. The minimum absolute atomic E-state index is 0. The molecule has 0 saturated heterocycles. The number of carbonyl (C=O) groups is 3. The van der Waals surface area contributed by atoms with E-state index in [-0.39, 0.29) is 42.1 Å². The molecule has 1 aliphatic rings. The molecular formula is C30H33ClN4O5. The molecule has 4 N–H and O–H groups in total. The van der Waals surface area contributed by atoms with E-state index in [0.717, 1.165) is 12.8 Å². The highest BCUT2D eigenvalue weighted by atomic mass is 35.5. The summed E-state index contributed by atoms with van der Waals surface area (Å²) in [6, 6.07) is 20.5. The van der Waals surface area contributed by atoms with Crippen LogP contribution in [0.1, 0.15) is 47.2 Å². The number of hydrogen-bond acceptors (Lipinski definition) is 6. The van der Waals surface area contributed by atoms with Crippen molar-refractivity contribution in [3.8, 4) is 0 Å². The van der Waals surface area contributed by atoms with Gasteiger partial charge in [-0.15, -0.1) is 12.4 Å². The maximum atomic E-state index is 13.3. The van der Waals surface area contributed by atoms with Crippen LogP contribution in [0.3, 0.4) is 0 Å². The van der Waals surface area contributed by atoms with Crippen LogP contribution >= 0.6 is 12.4 Å². The van der Waals surface area contributed by atoms with E-state index in [1.165, 1.54) is 12.1 Å². The molecule has 3 aromatic carbocycles. The van der Waals surface area contributed by atoms with Gasteiger partial charge in [0.15, 0.2) is 5.78 Å². The zero-order valence-corrected chi connectivity index (χ0v) is 22.8. The normalized spacial score (nSPS) is 17.1. The second kappa shape index (κ2) is 14.3. The first-order valence-corrected chi connectivity index (χ1v) is 13.1. The predicted octanol–water partition coefficient (Wildman–Crippen LogP) is 4.68. The van der Waals surface area contributed by atoms with Crippen molar-refractivity contribution in [1.82, 2.24) is 5.32 Å². The number of nitrogens with one attached hydrogen (secondary N) is 2. The van der Waals surface area contributed by atoms with Gasteiger partial charge in [-0.05, 0) is 68.0 Å². The number of benzene rings is 3. The molecular weight excluding hydrogens is 532 g/mol. The van der Waals surface area contributed by atoms with Crippen LogP contribution < -0.4 is 16.4 Å². The number of nitro groups is 1. The highest BCUT2D eigenvalue weighted by molar-refractivity contribution is 6.09. The van der Waals surface area contributed by atoms with E-state index >= 15 is 0 Å². The Hall–Kier alpha value is -4.08. The Morgan fingerprint density at radius 2 is 1.55 bits per heavy atom. The fraction of sp³-hybridized carbons (Fsp3) is 0.300. The largest absolute Gasteiger partial charge is 0.344 e. The van der Waals surface area contributed by atoms with Crippen LogP contribution in [0, 0.1) is 22.0 Å². The van der Waals surface area contributed by atoms with Gasteiger partial charge in [-0.25, -0.2) is 0 Å². The molecule has 0 spiro atoms. The maximum absolute atomic E-state index is 13.3. The average Bonchev–Trinajstić information content (AvgIpc) is 2.97. The molecule has 0 aliphatic heterocycles. The van der Waals surface area contributed by atoms with Gasteiger partial charge in [0.1, 0.15) is 6.04 Å². The summed E-state index contributed by atoms with van der Waals surface area (Å²) in [4.78, 5) is 49.9. The third-order valence-electron chi connectivity index (χ3n) is 7.20. The molecule has 1 unspecified atom stereocenters. The Morgan fingerprint density at radius 3 is 2.17 bits per heavy atom. The molecule has 1 aliphatic carbocycles. The minimum atomic E-state index is -0.947. The van der Waals surface area contributed by atoms with Crippen LogP contribution in [0.5, 0.6) is 0 Å². The highest BCUT2D eigenvalue weighted by Crippen LogP contribution is 2.28. The fourth-order valence-electron chi connectivity index (χ4n) is 4.88. The number of halogens is 1. The van der Waals surface area contributed by atoms with Gasteiger partial charge in [0.05, 0.1) is 4.92 Å². The van der Waals surface area contributed by atoms with Crippen LogP contribution in [-0.4, -0.2) is 35.1 Å². The van der Waals surface area contributed by atoms with Crippen molar-refractivity contribution < 1.29 is 19.3 Å². The van der Waals surface area contributed by atoms with Gasteiger partial charge in [0.2, 0.25) is 11.8 Å². The Bertz CT molecular complexity index is 1330. The Kier molecular flexibility index (Phi) is 10.9. The van der Waals surface area contributed by atoms with Gasteiger partial charge in [-0.2, -0.15) is 0 Å². The number of nitrogens with two attached hydrogens (primary N) is 1. The summed E-state index contributed by atoms with van der Waals surface area (Å²) in [7, 11) is 0. The van der Waals surface area contributed by atoms with Crippen molar-refractivity contribution in [2.24, 2.45) is 17.6 Å². The number of hydrogen-bond donors (Lipinski definition) is 3. The summed E-state index contributed by atoms with van der Waals surface area (Å²) in [5.41, 5.74) is 7.75. The number of carbonyl (C=O) groups excluding carboxylic acids is 3. The van der Waals surface area contributed by atoms with Crippen molar-refractivity contribution in [3.63, 3.8) is 0 Å². The lowest BCUT2D eigenvalue weighted by atomic mass is 9.81. The number of nitro benzene ring substituents is 1. The van der Waals surface area contributed by atoms with E-state index in [0.29, 0.717) is 47.7 Å². The fourth-order valence-corrected chi connectivity index (χ4v) is 4.88. The summed E-state index contributed by atoms with van der Waals surface area (Å²) in [5.74, 6) is -0.590. The molecule has 0 bridgehead atoms. The van der Waals surface area contributed by atoms with Gasteiger partial charge in [0, 0.05) is 41.3 Å². The van der Waals surface area contributed by atoms with Crippen molar-refractivity contribution in [2.45, 2.75) is 38.1 Å². The number of ketones is 1. The van der Waals surface area contributed by atoms with Crippen molar-refractivity contribution in [3.05, 3.63) is 106 Å². The summed E-state index contributed by atoms with van der Waals surface area (Å²) in [5, 5.41) is 16.9. The predicted molar refractivity (Wildman–Crippen MR) is 155 cm³/mol. The number of anilines is 1. The van der Waals surface area contributed by atoms with Gasteiger partial charge in [-0.1, -0.05) is 42.5 Å². The van der Waals surface area contributed by atoms with E-state index in [1.807, 2.05) is 6.07 Å². The lowest BCUT2D eigenvalue weighted by molar-refractivity contribution is -0.384. The lowest BCUT2D eigenvalue weighted by Crippen LogP contribution is -2.48. The molecule has 4 rings (SSSR count). The van der Waals surface area contributed by atoms with E-state index in [1.54, 1.807) is 60.7 Å². The number of rotatable bonds is 10. The molecule has 9 nitrogen and oxygen atoms in total. The van der Waals surface area contributed by atoms with Crippen molar-refractivity contribution in [2.75, 3.05) is 11.9 Å². The molecule has 3 aromatic rings. The summed E-state index contributed by atoms with van der Waals surface area (Å²) < 4.78 is 0. The van der Waals surface area contributed by atoms with Crippen molar-refractivity contribution in [1.29, 1.82) is 0 Å². The van der Waals surface area contributed by atoms with Gasteiger partial charge >= 0.3 is 0 Å². The van der Waals surface area contributed by atoms with Crippen LogP contribution in [0.4, 0.5) is 11.4 Å². The van der Waals surface area contributed by atoms with E-state index < -0.39 is 16.9 Å². The molecule has 1 atom stereocenters. The summed E-state index contributed by atoms with van der Waals surface area (Å²) in [6.45, 7) is 0.599. The second-order valence-corrected chi connectivity index (χ2v) is 9.91. The SMILES string of the molecule is Cl.NCC1CCC(C(=O)NC(Cc2cccc([N+](=O)[O-])c2)C(=O)Nc2ccc(C(=O)c3ccccc3)cc2)CC1. The average molecular weight is 565 g/mol. The molecule has 0 radical (unpaired) electrons.